The summed E-state index contributed by atoms with van der Waals surface area (Å²) in [6, 6.07) is 8.85. The fraction of sp³-hybridized carbons (Fsp3) is 0.333. The largest absolute Gasteiger partial charge is 0.491 e. The average molecular weight is 643 g/mol. The lowest BCUT2D eigenvalue weighted by atomic mass is 9.59. The molecule has 0 unspecified atom stereocenters. The SMILES string of the molecule is CC1=CC(=O)C2=C(C1=O)[C@@H](c1ccc(OCCO)cc1)C1=CC[C@@H]3C(=O)N(c4cc([N+](=O)[O-])c(N(C)C)c([N+](=O)[O-])c4)C(=O)[C@@H]3[C@@H]1C2. The number of hydrogen-bond donors (Lipinski definition) is 1. The smallest absolute Gasteiger partial charge is 0.301 e. The number of Topliss-reactive ketones (excluding diaryl/α,β-unsaturated/α-hetero) is 1. The Hall–Kier alpha value is -5.50. The minimum atomic E-state index is -0.979. The van der Waals surface area contributed by atoms with Crippen molar-refractivity contribution < 1.29 is 38.9 Å². The van der Waals surface area contributed by atoms with Gasteiger partial charge in [0.05, 0.1) is 34.0 Å². The molecular formula is C33H30N4O10. The van der Waals surface area contributed by atoms with Gasteiger partial charge in [0.15, 0.2) is 17.3 Å². The fourth-order valence-electron chi connectivity index (χ4n) is 7.37. The predicted octanol–water partition coefficient (Wildman–Crippen LogP) is 3.57. The number of aliphatic hydroxyl groups excluding tert-OH is 1. The Kier molecular flexibility index (Phi) is 7.83. The number of amides is 2. The van der Waals surface area contributed by atoms with Gasteiger partial charge < -0.3 is 14.7 Å². The molecule has 4 aliphatic rings. The van der Waals surface area contributed by atoms with E-state index in [1.54, 1.807) is 31.2 Å². The predicted molar refractivity (Wildman–Crippen MR) is 167 cm³/mol. The van der Waals surface area contributed by atoms with Crippen LogP contribution in [0, 0.1) is 38.0 Å². The van der Waals surface area contributed by atoms with Crippen LogP contribution < -0.4 is 14.5 Å². The average Bonchev–Trinajstić information content (AvgIpc) is 3.30. The molecule has 0 saturated carbocycles. The molecule has 0 bridgehead atoms. The number of benzene rings is 2. The number of rotatable bonds is 8. The van der Waals surface area contributed by atoms with Crippen LogP contribution in [-0.4, -0.2) is 65.6 Å². The highest BCUT2D eigenvalue weighted by Crippen LogP contribution is 2.56. The van der Waals surface area contributed by atoms with Gasteiger partial charge in [-0.05, 0) is 49.5 Å². The Morgan fingerprint density at radius 1 is 0.979 bits per heavy atom. The third kappa shape index (κ3) is 5.01. The molecule has 0 aromatic heterocycles. The molecule has 1 aliphatic heterocycles. The molecule has 4 atom stereocenters. The zero-order valence-electron chi connectivity index (χ0n) is 25.7. The van der Waals surface area contributed by atoms with Crippen LogP contribution in [-0.2, 0) is 19.2 Å². The molecule has 1 heterocycles. The maximum Gasteiger partial charge on any atom is 0.301 e. The van der Waals surface area contributed by atoms with Gasteiger partial charge in [-0.15, -0.1) is 0 Å². The third-order valence-corrected chi connectivity index (χ3v) is 9.29. The molecule has 6 rings (SSSR count). The maximum absolute atomic E-state index is 14.2. The Morgan fingerprint density at radius 3 is 2.19 bits per heavy atom. The van der Waals surface area contributed by atoms with Crippen LogP contribution in [0.2, 0.25) is 0 Å². The molecule has 1 fully saturated rings. The minimum Gasteiger partial charge on any atom is -0.491 e. The number of carbonyl (C=O) groups excluding carboxylic acids is 4. The lowest BCUT2D eigenvalue weighted by Gasteiger charge is -2.42. The molecule has 1 N–H and O–H groups in total. The van der Waals surface area contributed by atoms with Gasteiger partial charge in [-0.1, -0.05) is 23.8 Å². The number of hydrogen-bond acceptors (Lipinski definition) is 11. The molecule has 2 amide bonds. The van der Waals surface area contributed by atoms with Crippen molar-refractivity contribution >= 4 is 46.1 Å². The zero-order chi connectivity index (χ0) is 33.9. The van der Waals surface area contributed by atoms with Crippen molar-refractivity contribution in [1.82, 2.24) is 0 Å². The van der Waals surface area contributed by atoms with E-state index in [1.165, 1.54) is 25.1 Å². The first-order valence-electron chi connectivity index (χ1n) is 14.9. The Labute approximate surface area is 267 Å². The molecule has 0 spiro atoms. The number of fused-ring (bicyclic) bond motifs is 3. The molecule has 14 nitrogen and oxygen atoms in total. The number of ether oxygens (including phenoxy) is 1. The van der Waals surface area contributed by atoms with Crippen molar-refractivity contribution in [2.24, 2.45) is 17.8 Å². The van der Waals surface area contributed by atoms with Crippen LogP contribution in [0.1, 0.15) is 31.2 Å². The number of ketones is 2. The van der Waals surface area contributed by atoms with Crippen molar-refractivity contribution in [1.29, 1.82) is 0 Å². The summed E-state index contributed by atoms with van der Waals surface area (Å²) in [4.78, 5) is 79.5. The monoisotopic (exact) mass is 642 g/mol. The molecule has 3 aliphatic carbocycles. The normalized spacial score (nSPS) is 23.5. The van der Waals surface area contributed by atoms with Crippen LogP contribution in [0.15, 0.2) is 70.8 Å². The van der Waals surface area contributed by atoms with Crippen LogP contribution in [0.4, 0.5) is 22.7 Å². The number of allylic oxidation sites excluding steroid dienone is 6. The van der Waals surface area contributed by atoms with Gasteiger partial charge in [0.1, 0.15) is 12.4 Å². The summed E-state index contributed by atoms with van der Waals surface area (Å²) in [5, 5.41) is 33.1. The molecule has 2 aromatic rings. The van der Waals surface area contributed by atoms with Crippen molar-refractivity contribution in [2.45, 2.75) is 25.7 Å². The first-order valence-corrected chi connectivity index (χ1v) is 14.9. The number of carbonyl (C=O) groups is 4. The quantitative estimate of drug-likeness (QED) is 0.146. The first-order chi connectivity index (χ1) is 22.3. The van der Waals surface area contributed by atoms with E-state index in [-0.39, 0.29) is 60.1 Å². The standard InChI is InChI=1S/C33H30N4O10/c1-16-12-26(39)23-15-22-20(27(29(23)31(16)40)17-4-6-19(7-5-17)47-11-10-38)8-9-21-28(22)33(42)35(32(21)41)18-13-24(36(43)44)30(34(2)3)25(14-18)37(45)46/h4-8,12-14,21-22,27-28,38H,9-11,15H2,1-3H3/t21-,22+,27-,28-/m0/s1. The van der Waals surface area contributed by atoms with E-state index in [1.807, 2.05) is 6.08 Å². The van der Waals surface area contributed by atoms with Crippen molar-refractivity contribution in [3.05, 3.63) is 96.6 Å². The number of anilines is 2. The number of nitrogens with zero attached hydrogens (tertiary/aromatic N) is 4. The number of nitro groups is 2. The van der Waals surface area contributed by atoms with E-state index >= 15 is 0 Å². The van der Waals surface area contributed by atoms with Crippen LogP contribution >= 0.6 is 0 Å². The van der Waals surface area contributed by atoms with Crippen molar-refractivity contribution in [2.75, 3.05) is 37.1 Å². The second kappa shape index (κ2) is 11.7. The summed E-state index contributed by atoms with van der Waals surface area (Å²) in [5.41, 5.74) is 0.391. The number of aliphatic hydroxyl groups is 1. The highest BCUT2D eigenvalue weighted by Gasteiger charge is 2.57. The minimum absolute atomic E-state index is 0.0254. The Morgan fingerprint density at radius 2 is 1.62 bits per heavy atom. The Balaban J connectivity index is 1.45. The van der Waals surface area contributed by atoms with E-state index in [4.69, 9.17) is 9.84 Å². The molecule has 1 saturated heterocycles. The summed E-state index contributed by atoms with van der Waals surface area (Å²) in [6.07, 6.45) is 3.25. The summed E-state index contributed by atoms with van der Waals surface area (Å²) >= 11 is 0. The summed E-state index contributed by atoms with van der Waals surface area (Å²) in [7, 11) is 2.82. The maximum atomic E-state index is 14.2. The first kappa shape index (κ1) is 31.5. The van der Waals surface area contributed by atoms with E-state index in [2.05, 4.69) is 0 Å². The van der Waals surface area contributed by atoms with Gasteiger partial charge >= 0.3 is 11.4 Å². The second-order valence-corrected chi connectivity index (χ2v) is 12.1. The van der Waals surface area contributed by atoms with Crippen molar-refractivity contribution in [3.63, 3.8) is 0 Å². The van der Waals surface area contributed by atoms with Gasteiger partial charge in [0.2, 0.25) is 11.8 Å². The van der Waals surface area contributed by atoms with Crippen LogP contribution in [0.3, 0.4) is 0 Å². The molecule has 14 heteroatoms. The topological polar surface area (TPSA) is 190 Å². The van der Waals surface area contributed by atoms with Crippen LogP contribution in [0.5, 0.6) is 5.75 Å². The molecule has 47 heavy (non-hydrogen) atoms. The zero-order valence-corrected chi connectivity index (χ0v) is 25.7. The number of nitro benzene ring substituents is 2. The molecule has 2 aromatic carbocycles. The van der Waals surface area contributed by atoms with E-state index in [0.717, 1.165) is 17.0 Å². The summed E-state index contributed by atoms with van der Waals surface area (Å²) < 4.78 is 5.49. The van der Waals surface area contributed by atoms with E-state index < -0.39 is 56.7 Å². The van der Waals surface area contributed by atoms with E-state index in [9.17, 15) is 39.4 Å². The summed E-state index contributed by atoms with van der Waals surface area (Å²) in [5.74, 6) is -4.73. The number of imide groups is 1. The molecular weight excluding hydrogens is 612 g/mol. The Bertz CT molecular complexity index is 1840. The second-order valence-electron chi connectivity index (χ2n) is 12.1. The molecule has 0 radical (unpaired) electrons. The van der Waals surface area contributed by atoms with Crippen LogP contribution in [0.25, 0.3) is 0 Å². The highest BCUT2D eigenvalue weighted by molar-refractivity contribution is 6.25. The highest BCUT2D eigenvalue weighted by atomic mass is 16.6. The van der Waals surface area contributed by atoms with Crippen molar-refractivity contribution in [3.8, 4) is 5.75 Å². The van der Waals surface area contributed by atoms with Gasteiger partial charge in [0, 0.05) is 48.9 Å². The van der Waals surface area contributed by atoms with Gasteiger partial charge in [-0.2, -0.15) is 0 Å². The fourth-order valence-corrected chi connectivity index (χ4v) is 7.37. The van der Waals surface area contributed by atoms with Gasteiger partial charge in [0.25, 0.3) is 0 Å². The van der Waals surface area contributed by atoms with Gasteiger partial charge in [-0.25, -0.2) is 4.90 Å². The van der Waals surface area contributed by atoms with E-state index in [0.29, 0.717) is 22.5 Å². The lowest BCUT2D eigenvalue weighted by Crippen LogP contribution is -2.39. The van der Waals surface area contributed by atoms with Gasteiger partial charge in [-0.3, -0.25) is 39.4 Å². The lowest BCUT2D eigenvalue weighted by molar-refractivity contribution is -0.392. The third-order valence-electron chi connectivity index (χ3n) is 9.29. The molecule has 242 valence electrons. The summed E-state index contributed by atoms with van der Waals surface area (Å²) in [6.45, 7) is 1.48.